The van der Waals surface area contributed by atoms with E-state index in [0.29, 0.717) is 6.17 Å². The van der Waals surface area contributed by atoms with Crippen molar-refractivity contribution in [2.75, 3.05) is 20.6 Å². The zero-order valence-electron chi connectivity index (χ0n) is 7.22. The lowest BCUT2D eigenvalue weighted by Gasteiger charge is -2.37. The average Bonchev–Trinajstić information content (AvgIpc) is 1.88. The van der Waals surface area contributed by atoms with Gasteiger partial charge in [0.25, 0.3) is 0 Å². The van der Waals surface area contributed by atoms with Crippen LogP contribution in [0.2, 0.25) is 0 Å². The zero-order chi connectivity index (χ0) is 7.56. The molecule has 0 amide bonds. The SMILES string of the molecule is CNC1C(C)CCCN1C. The number of rotatable bonds is 1. The Morgan fingerprint density at radius 1 is 1.50 bits per heavy atom. The number of likely N-dealkylation sites (tertiary alicyclic amines) is 1. The molecule has 2 nitrogen and oxygen atoms in total. The van der Waals surface area contributed by atoms with Crippen molar-refractivity contribution in [1.82, 2.24) is 10.2 Å². The minimum Gasteiger partial charge on any atom is -0.305 e. The van der Waals surface area contributed by atoms with Gasteiger partial charge in [0.1, 0.15) is 0 Å². The summed E-state index contributed by atoms with van der Waals surface area (Å²) < 4.78 is 0. The molecule has 1 saturated heterocycles. The molecule has 0 spiro atoms. The lowest BCUT2D eigenvalue weighted by Crippen LogP contribution is -2.49. The van der Waals surface area contributed by atoms with Crippen molar-refractivity contribution in [3.05, 3.63) is 0 Å². The van der Waals surface area contributed by atoms with E-state index < -0.39 is 0 Å². The van der Waals surface area contributed by atoms with Crippen molar-refractivity contribution >= 4 is 0 Å². The Morgan fingerprint density at radius 3 is 2.60 bits per heavy atom. The highest BCUT2D eigenvalue weighted by atomic mass is 15.2. The third-order valence-corrected chi connectivity index (χ3v) is 2.48. The Hall–Kier alpha value is -0.0800. The van der Waals surface area contributed by atoms with Crippen LogP contribution in [0.3, 0.4) is 0 Å². The summed E-state index contributed by atoms with van der Waals surface area (Å²) >= 11 is 0. The second-order valence-corrected chi connectivity index (χ2v) is 3.33. The van der Waals surface area contributed by atoms with Crippen molar-refractivity contribution in [1.29, 1.82) is 0 Å². The Bertz CT molecular complexity index is 93.4. The molecule has 60 valence electrons. The molecule has 1 rings (SSSR count). The van der Waals surface area contributed by atoms with E-state index in [-0.39, 0.29) is 0 Å². The normalized spacial score (nSPS) is 36.3. The molecule has 0 radical (unpaired) electrons. The summed E-state index contributed by atoms with van der Waals surface area (Å²) in [5.74, 6) is 0.809. The van der Waals surface area contributed by atoms with Crippen molar-refractivity contribution < 1.29 is 0 Å². The van der Waals surface area contributed by atoms with Crippen LogP contribution in [0.4, 0.5) is 0 Å². The van der Waals surface area contributed by atoms with Crippen LogP contribution in [0.1, 0.15) is 19.8 Å². The highest BCUT2D eigenvalue weighted by molar-refractivity contribution is 4.76. The summed E-state index contributed by atoms with van der Waals surface area (Å²) in [6, 6.07) is 0. The first kappa shape index (κ1) is 8.02. The van der Waals surface area contributed by atoms with Crippen LogP contribution in [0, 0.1) is 5.92 Å². The van der Waals surface area contributed by atoms with E-state index in [9.17, 15) is 0 Å². The van der Waals surface area contributed by atoms with E-state index in [2.05, 4.69) is 24.2 Å². The molecular weight excluding hydrogens is 124 g/mol. The fraction of sp³-hybridized carbons (Fsp3) is 1.00. The summed E-state index contributed by atoms with van der Waals surface area (Å²) in [5.41, 5.74) is 0. The maximum absolute atomic E-state index is 3.33. The Kier molecular flexibility index (Phi) is 2.69. The van der Waals surface area contributed by atoms with Crippen molar-refractivity contribution in [3.63, 3.8) is 0 Å². The smallest absolute Gasteiger partial charge is 0.0618 e. The summed E-state index contributed by atoms with van der Waals surface area (Å²) in [6.45, 7) is 3.56. The number of hydrogen-bond acceptors (Lipinski definition) is 2. The predicted molar refractivity (Wildman–Crippen MR) is 43.9 cm³/mol. The molecular formula is C8H18N2. The lowest BCUT2D eigenvalue weighted by molar-refractivity contribution is 0.109. The molecule has 1 N–H and O–H groups in total. The quantitative estimate of drug-likeness (QED) is 0.585. The lowest BCUT2D eigenvalue weighted by atomic mass is 9.97. The molecule has 1 heterocycles. The predicted octanol–water partition coefficient (Wildman–Crippen LogP) is 0.894. The second kappa shape index (κ2) is 3.35. The highest BCUT2D eigenvalue weighted by Gasteiger charge is 2.23. The van der Waals surface area contributed by atoms with Gasteiger partial charge in [0, 0.05) is 0 Å². The van der Waals surface area contributed by atoms with Crippen LogP contribution in [-0.2, 0) is 0 Å². The van der Waals surface area contributed by atoms with Gasteiger partial charge in [0.2, 0.25) is 0 Å². The molecule has 2 heteroatoms. The number of nitrogens with zero attached hydrogens (tertiary/aromatic N) is 1. The molecule has 0 bridgehead atoms. The topological polar surface area (TPSA) is 15.3 Å². The summed E-state index contributed by atoms with van der Waals surface area (Å²) in [6.07, 6.45) is 3.33. The summed E-state index contributed by atoms with van der Waals surface area (Å²) in [4.78, 5) is 2.40. The standard InChI is InChI=1S/C8H18N2/c1-7-5-4-6-10(3)8(7)9-2/h7-9H,4-6H2,1-3H3. The molecule has 2 atom stereocenters. The van der Waals surface area contributed by atoms with Crippen LogP contribution < -0.4 is 5.32 Å². The van der Waals surface area contributed by atoms with Crippen LogP contribution in [0.5, 0.6) is 0 Å². The summed E-state index contributed by atoms with van der Waals surface area (Å²) in [5, 5.41) is 3.33. The maximum Gasteiger partial charge on any atom is 0.0618 e. The fourth-order valence-corrected chi connectivity index (χ4v) is 1.90. The molecule has 1 fully saturated rings. The molecule has 0 aromatic carbocycles. The molecule has 1 aliphatic rings. The van der Waals surface area contributed by atoms with E-state index in [1.165, 1.54) is 19.4 Å². The molecule has 0 aromatic heterocycles. The van der Waals surface area contributed by atoms with Crippen molar-refractivity contribution in [2.24, 2.45) is 5.92 Å². The highest BCUT2D eigenvalue weighted by Crippen LogP contribution is 2.18. The maximum atomic E-state index is 3.33. The van der Waals surface area contributed by atoms with E-state index in [1.54, 1.807) is 0 Å². The van der Waals surface area contributed by atoms with E-state index in [1.807, 2.05) is 7.05 Å². The third kappa shape index (κ3) is 1.50. The van der Waals surface area contributed by atoms with Gasteiger partial charge in [0.05, 0.1) is 6.17 Å². The largest absolute Gasteiger partial charge is 0.305 e. The van der Waals surface area contributed by atoms with E-state index in [0.717, 1.165) is 5.92 Å². The minimum atomic E-state index is 0.605. The first-order valence-electron chi connectivity index (χ1n) is 4.13. The van der Waals surface area contributed by atoms with Gasteiger partial charge in [-0.15, -0.1) is 0 Å². The van der Waals surface area contributed by atoms with Gasteiger partial charge < -0.3 is 5.32 Å². The average molecular weight is 142 g/mol. The van der Waals surface area contributed by atoms with Gasteiger partial charge in [-0.3, -0.25) is 4.90 Å². The Labute approximate surface area is 63.6 Å². The third-order valence-electron chi connectivity index (χ3n) is 2.48. The van der Waals surface area contributed by atoms with Crippen molar-refractivity contribution in [2.45, 2.75) is 25.9 Å². The fourth-order valence-electron chi connectivity index (χ4n) is 1.90. The molecule has 1 aliphatic heterocycles. The number of hydrogen-bond donors (Lipinski definition) is 1. The van der Waals surface area contributed by atoms with Gasteiger partial charge in [-0.1, -0.05) is 6.92 Å². The Balaban J connectivity index is 2.45. The first-order valence-corrected chi connectivity index (χ1v) is 4.13. The second-order valence-electron chi connectivity index (χ2n) is 3.33. The molecule has 0 saturated carbocycles. The van der Waals surface area contributed by atoms with Crippen LogP contribution in [0.25, 0.3) is 0 Å². The van der Waals surface area contributed by atoms with Crippen LogP contribution in [-0.4, -0.2) is 31.7 Å². The van der Waals surface area contributed by atoms with Crippen LogP contribution in [0.15, 0.2) is 0 Å². The van der Waals surface area contributed by atoms with Gasteiger partial charge >= 0.3 is 0 Å². The molecule has 0 aliphatic carbocycles. The van der Waals surface area contributed by atoms with Gasteiger partial charge in [-0.25, -0.2) is 0 Å². The number of nitrogens with one attached hydrogen (secondary N) is 1. The summed E-state index contributed by atoms with van der Waals surface area (Å²) in [7, 11) is 4.24. The zero-order valence-corrected chi connectivity index (χ0v) is 7.22. The van der Waals surface area contributed by atoms with E-state index >= 15 is 0 Å². The van der Waals surface area contributed by atoms with E-state index in [4.69, 9.17) is 0 Å². The van der Waals surface area contributed by atoms with Crippen molar-refractivity contribution in [3.8, 4) is 0 Å². The van der Waals surface area contributed by atoms with Crippen LogP contribution >= 0.6 is 0 Å². The van der Waals surface area contributed by atoms with Gasteiger partial charge in [-0.2, -0.15) is 0 Å². The molecule has 10 heavy (non-hydrogen) atoms. The Morgan fingerprint density at radius 2 is 2.20 bits per heavy atom. The molecule has 2 unspecified atom stereocenters. The molecule has 0 aromatic rings. The van der Waals surface area contributed by atoms with Gasteiger partial charge in [0.15, 0.2) is 0 Å². The van der Waals surface area contributed by atoms with Gasteiger partial charge in [-0.05, 0) is 39.4 Å². The first-order chi connectivity index (χ1) is 4.75. The minimum absolute atomic E-state index is 0.605. The number of piperidine rings is 1. The monoisotopic (exact) mass is 142 g/mol.